The number of hydrogen-bond acceptors (Lipinski definition) is 3. The van der Waals surface area contributed by atoms with Crippen molar-refractivity contribution in [3.8, 4) is 0 Å². The Morgan fingerprint density at radius 2 is 1.73 bits per heavy atom. The molecule has 1 heterocycles. The number of aliphatic hydroxyl groups is 1. The number of nitrogens with zero attached hydrogens (tertiary/aromatic N) is 1. The van der Waals surface area contributed by atoms with Crippen LogP contribution in [0.2, 0.25) is 0 Å². The van der Waals surface area contributed by atoms with E-state index in [0.717, 1.165) is 24.2 Å². The monoisotopic (exact) mass is 371 g/mol. The highest BCUT2D eigenvalue weighted by Gasteiger charge is 2.36. The second-order valence-corrected chi connectivity index (χ2v) is 8.88. The van der Waals surface area contributed by atoms with Gasteiger partial charge in [0.15, 0.2) is 0 Å². The zero-order chi connectivity index (χ0) is 19.0. The van der Waals surface area contributed by atoms with Gasteiger partial charge in [0.05, 0.1) is 16.5 Å². The summed E-state index contributed by atoms with van der Waals surface area (Å²) in [6, 6.07) is 16.7. The van der Waals surface area contributed by atoms with Crippen LogP contribution in [0.5, 0.6) is 0 Å². The van der Waals surface area contributed by atoms with Crippen LogP contribution in [0.25, 0.3) is 0 Å². The third kappa shape index (κ3) is 6.44. The van der Waals surface area contributed by atoms with Crippen LogP contribution in [0.15, 0.2) is 53.4 Å². The van der Waals surface area contributed by atoms with E-state index in [1.807, 2.05) is 44.7 Å². The molecule has 1 N–H and O–H groups in total. The summed E-state index contributed by atoms with van der Waals surface area (Å²) in [6.07, 6.45) is 5.89. The zero-order valence-electron chi connectivity index (χ0n) is 16.6. The maximum atomic E-state index is 11.0. The fraction of sp³-hybridized carbons (Fsp3) is 0.522. The quantitative estimate of drug-likeness (QED) is 0.378. The molecule has 2 nitrogen and oxygen atoms in total. The summed E-state index contributed by atoms with van der Waals surface area (Å²) >= 11 is 1.83. The normalized spacial score (nSPS) is 14.2. The Bertz CT molecular complexity index is 651. The van der Waals surface area contributed by atoms with Crippen molar-refractivity contribution in [1.29, 1.82) is 0 Å². The highest BCUT2D eigenvalue weighted by molar-refractivity contribution is 7.99. The molecule has 0 fully saturated rings. The summed E-state index contributed by atoms with van der Waals surface area (Å²) in [5, 5.41) is 11.1. The molecule has 0 saturated carbocycles. The van der Waals surface area contributed by atoms with Crippen LogP contribution < -0.4 is 0 Å². The first kappa shape index (κ1) is 21.0. The first-order valence-corrected chi connectivity index (χ1v) is 10.7. The molecular formula is C23H33NOS. The van der Waals surface area contributed by atoms with Crippen LogP contribution in [0, 0.1) is 12.8 Å². The second kappa shape index (κ2) is 10.1. The molecule has 0 amide bonds. The molecular weight excluding hydrogens is 338 g/mol. The smallest absolute Gasteiger partial charge is 0.0634 e. The van der Waals surface area contributed by atoms with Crippen molar-refractivity contribution in [1.82, 2.24) is 4.98 Å². The van der Waals surface area contributed by atoms with Gasteiger partial charge in [-0.2, -0.15) is 0 Å². The fourth-order valence-electron chi connectivity index (χ4n) is 3.38. The van der Waals surface area contributed by atoms with Crippen LogP contribution in [-0.2, 0) is 0 Å². The maximum Gasteiger partial charge on any atom is 0.0634 e. The molecule has 0 radical (unpaired) electrons. The molecule has 0 aliphatic carbocycles. The van der Waals surface area contributed by atoms with Crippen LogP contribution in [0.4, 0.5) is 0 Å². The van der Waals surface area contributed by atoms with Crippen molar-refractivity contribution in [3.63, 3.8) is 0 Å². The van der Waals surface area contributed by atoms with E-state index in [9.17, 15) is 5.11 Å². The van der Waals surface area contributed by atoms with Crippen LogP contribution >= 0.6 is 11.8 Å². The summed E-state index contributed by atoms with van der Waals surface area (Å²) in [5.41, 5.74) is 1.35. The van der Waals surface area contributed by atoms with E-state index in [1.54, 1.807) is 0 Å². The Labute approximate surface area is 163 Å². The van der Waals surface area contributed by atoms with Gasteiger partial charge in [0.1, 0.15) is 0 Å². The number of unbranched alkanes of at least 4 members (excludes halogenated alkanes) is 3. The highest BCUT2D eigenvalue weighted by Crippen LogP contribution is 2.46. The average molecular weight is 372 g/mol. The number of benzene rings is 1. The molecule has 2 aromatic rings. The van der Waals surface area contributed by atoms with Crippen molar-refractivity contribution in [2.75, 3.05) is 0 Å². The summed E-state index contributed by atoms with van der Waals surface area (Å²) in [7, 11) is 0. The molecule has 0 aliphatic heterocycles. The predicted molar refractivity (Wildman–Crippen MR) is 113 cm³/mol. The Kier molecular flexibility index (Phi) is 8.17. The number of thioether (sulfide) groups is 1. The zero-order valence-corrected chi connectivity index (χ0v) is 17.4. The van der Waals surface area contributed by atoms with Gasteiger partial charge < -0.3 is 5.11 Å². The third-order valence-corrected chi connectivity index (χ3v) is 6.22. The van der Waals surface area contributed by atoms with Gasteiger partial charge in [-0.3, -0.25) is 4.98 Å². The molecule has 3 heteroatoms. The Balaban J connectivity index is 2.31. The minimum atomic E-state index is -0.746. The lowest BCUT2D eigenvalue weighted by molar-refractivity contribution is 0.0104. The van der Waals surface area contributed by atoms with E-state index in [4.69, 9.17) is 4.98 Å². The van der Waals surface area contributed by atoms with Gasteiger partial charge in [-0.1, -0.05) is 56.9 Å². The molecule has 0 spiro atoms. The van der Waals surface area contributed by atoms with Crippen molar-refractivity contribution >= 4 is 11.8 Å². The lowest BCUT2D eigenvalue weighted by atomic mass is 9.82. The SMILES string of the molecule is CCCCCCC(C(Sc1ccccc1)c1cccc(C)n1)C(C)(C)O. The van der Waals surface area contributed by atoms with Crippen LogP contribution in [0.3, 0.4) is 0 Å². The Hall–Kier alpha value is -1.32. The minimum absolute atomic E-state index is 0.138. The van der Waals surface area contributed by atoms with Gasteiger partial charge in [-0.25, -0.2) is 0 Å². The van der Waals surface area contributed by atoms with Gasteiger partial charge in [0.2, 0.25) is 0 Å². The van der Waals surface area contributed by atoms with Gasteiger partial charge >= 0.3 is 0 Å². The molecule has 1 aromatic carbocycles. The van der Waals surface area contributed by atoms with E-state index in [1.165, 1.54) is 24.2 Å². The second-order valence-electron chi connectivity index (χ2n) is 7.66. The van der Waals surface area contributed by atoms with E-state index >= 15 is 0 Å². The van der Waals surface area contributed by atoms with E-state index in [-0.39, 0.29) is 11.2 Å². The molecule has 2 unspecified atom stereocenters. The van der Waals surface area contributed by atoms with Crippen molar-refractivity contribution in [3.05, 3.63) is 59.9 Å². The molecule has 2 atom stereocenters. The van der Waals surface area contributed by atoms with Gasteiger partial charge in [-0.05, 0) is 51.5 Å². The van der Waals surface area contributed by atoms with Crippen molar-refractivity contribution in [2.45, 2.75) is 75.5 Å². The number of rotatable bonds is 10. The molecule has 26 heavy (non-hydrogen) atoms. The predicted octanol–water partition coefficient (Wildman–Crippen LogP) is 6.58. The van der Waals surface area contributed by atoms with E-state index in [0.29, 0.717) is 0 Å². The van der Waals surface area contributed by atoms with E-state index < -0.39 is 5.60 Å². The summed E-state index contributed by atoms with van der Waals surface area (Å²) in [4.78, 5) is 6.04. The molecule has 2 rings (SSSR count). The molecule has 1 aromatic heterocycles. The van der Waals surface area contributed by atoms with Crippen molar-refractivity contribution < 1.29 is 5.11 Å². The molecule has 0 bridgehead atoms. The highest BCUT2D eigenvalue weighted by atomic mass is 32.2. The first-order valence-electron chi connectivity index (χ1n) is 9.79. The van der Waals surface area contributed by atoms with Gasteiger partial charge in [-0.15, -0.1) is 11.8 Å². The topological polar surface area (TPSA) is 33.1 Å². The summed E-state index contributed by atoms with van der Waals surface area (Å²) in [6.45, 7) is 8.17. The Morgan fingerprint density at radius 3 is 2.35 bits per heavy atom. The summed E-state index contributed by atoms with van der Waals surface area (Å²) in [5.74, 6) is 0.152. The lowest BCUT2D eigenvalue weighted by Gasteiger charge is -2.36. The number of aromatic nitrogens is 1. The number of hydrogen-bond donors (Lipinski definition) is 1. The average Bonchev–Trinajstić information content (AvgIpc) is 2.60. The molecule has 0 saturated heterocycles. The fourth-order valence-corrected chi connectivity index (χ4v) is 4.88. The van der Waals surface area contributed by atoms with Gasteiger partial charge in [0.25, 0.3) is 0 Å². The van der Waals surface area contributed by atoms with Gasteiger partial charge in [0, 0.05) is 16.5 Å². The molecule has 0 aliphatic rings. The van der Waals surface area contributed by atoms with E-state index in [2.05, 4.69) is 43.3 Å². The minimum Gasteiger partial charge on any atom is -0.390 e. The number of pyridine rings is 1. The largest absolute Gasteiger partial charge is 0.390 e. The standard InChI is InChI=1S/C23H33NOS/c1-5-6-7-11-16-20(23(3,4)25)22(21-17-12-13-18(2)24-21)26-19-14-9-8-10-15-19/h8-10,12-15,17,20,22,25H,5-7,11,16H2,1-4H3. The van der Waals surface area contributed by atoms with Crippen LogP contribution in [-0.4, -0.2) is 15.7 Å². The third-order valence-electron chi connectivity index (χ3n) is 4.85. The van der Waals surface area contributed by atoms with Crippen molar-refractivity contribution in [2.24, 2.45) is 5.92 Å². The lowest BCUT2D eigenvalue weighted by Crippen LogP contribution is -2.35. The van der Waals surface area contributed by atoms with Crippen LogP contribution in [0.1, 0.15) is 69.5 Å². The first-order chi connectivity index (χ1) is 12.4. The number of aryl methyl sites for hydroxylation is 1. The summed E-state index contributed by atoms with van der Waals surface area (Å²) < 4.78 is 0. The Morgan fingerprint density at radius 1 is 1.00 bits per heavy atom. The molecule has 142 valence electrons. The maximum absolute atomic E-state index is 11.0.